The van der Waals surface area contributed by atoms with Gasteiger partial charge in [-0.1, -0.05) is 11.6 Å². The van der Waals surface area contributed by atoms with Gasteiger partial charge in [-0.05, 0) is 35.9 Å². The van der Waals surface area contributed by atoms with Gasteiger partial charge in [0.15, 0.2) is 0 Å². The third-order valence-corrected chi connectivity index (χ3v) is 3.64. The maximum Gasteiger partial charge on any atom is 0.251 e. The zero-order valence-corrected chi connectivity index (χ0v) is 12.7. The lowest BCUT2D eigenvalue weighted by molar-refractivity contribution is 0.0950. The van der Waals surface area contributed by atoms with Crippen molar-refractivity contribution in [1.29, 1.82) is 0 Å². The average molecular weight is 316 g/mol. The summed E-state index contributed by atoms with van der Waals surface area (Å²) in [5.41, 5.74) is 2.33. The number of nitrogens with one attached hydrogen (secondary N) is 1. The molecule has 0 aliphatic heterocycles. The van der Waals surface area contributed by atoms with Gasteiger partial charge >= 0.3 is 0 Å². The van der Waals surface area contributed by atoms with E-state index in [4.69, 9.17) is 16.3 Å². The van der Waals surface area contributed by atoms with Crippen LogP contribution in [-0.4, -0.2) is 22.4 Å². The van der Waals surface area contributed by atoms with Crippen molar-refractivity contribution in [1.82, 2.24) is 14.7 Å². The maximum absolute atomic E-state index is 12.2. The Labute approximate surface area is 132 Å². The zero-order chi connectivity index (χ0) is 15.5. The molecule has 1 amide bonds. The molecule has 112 valence electrons. The number of amides is 1. The predicted octanol–water partition coefficient (Wildman–Crippen LogP) is 2.93. The van der Waals surface area contributed by atoms with Crippen LogP contribution in [0, 0.1) is 0 Å². The third-order valence-electron chi connectivity index (χ3n) is 3.33. The van der Waals surface area contributed by atoms with E-state index in [0.29, 0.717) is 22.9 Å². The van der Waals surface area contributed by atoms with Gasteiger partial charge in [0.2, 0.25) is 0 Å². The van der Waals surface area contributed by atoms with E-state index < -0.39 is 0 Å². The Bertz CT molecular complexity index is 829. The van der Waals surface area contributed by atoms with Crippen molar-refractivity contribution in [2.75, 3.05) is 7.11 Å². The molecule has 0 saturated heterocycles. The Kier molecular flexibility index (Phi) is 3.98. The topological polar surface area (TPSA) is 55.6 Å². The van der Waals surface area contributed by atoms with Gasteiger partial charge in [-0.15, -0.1) is 0 Å². The van der Waals surface area contributed by atoms with Gasteiger partial charge in [0.05, 0.1) is 12.1 Å². The first kappa shape index (κ1) is 14.4. The lowest BCUT2D eigenvalue weighted by Gasteiger charge is -2.08. The Morgan fingerprint density at radius 1 is 1.32 bits per heavy atom. The number of pyridine rings is 1. The van der Waals surface area contributed by atoms with Crippen LogP contribution in [0.5, 0.6) is 5.75 Å². The highest BCUT2D eigenvalue weighted by atomic mass is 35.5. The van der Waals surface area contributed by atoms with Crippen LogP contribution in [0.2, 0.25) is 5.02 Å². The maximum atomic E-state index is 12.2. The number of rotatable bonds is 4. The first-order chi connectivity index (χ1) is 10.7. The molecule has 0 saturated carbocycles. The lowest BCUT2D eigenvalue weighted by atomic mass is 10.2. The molecule has 0 aliphatic carbocycles. The second-order valence-electron chi connectivity index (χ2n) is 4.76. The molecular formula is C16H14ClN3O2. The molecular weight excluding hydrogens is 302 g/mol. The SMILES string of the molecule is COc1cc(C(=O)NCc2ccn3ccnc3c2)ccc1Cl. The van der Waals surface area contributed by atoms with Crippen LogP contribution in [-0.2, 0) is 6.54 Å². The zero-order valence-electron chi connectivity index (χ0n) is 11.9. The van der Waals surface area contributed by atoms with Crippen LogP contribution in [0.3, 0.4) is 0 Å². The molecule has 0 fully saturated rings. The average Bonchev–Trinajstić information content (AvgIpc) is 3.00. The fourth-order valence-corrected chi connectivity index (χ4v) is 2.34. The molecule has 0 bridgehead atoms. The summed E-state index contributed by atoms with van der Waals surface area (Å²) in [6.07, 6.45) is 5.52. The molecule has 2 heterocycles. The number of halogens is 1. The Morgan fingerprint density at radius 2 is 2.18 bits per heavy atom. The Morgan fingerprint density at radius 3 is 3.00 bits per heavy atom. The smallest absolute Gasteiger partial charge is 0.251 e. The number of benzene rings is 1. The standard InChI is InChI=1S/C16H14ClN3O2/c1-22-14-9-12(2-3-13(14)17)16(21)19-10-11-4-6-20-7-5-18-15(20)8-11/h2-9H,10H2,1H3,(H,19,21). The van der Waals surface area contributed by atoms with Gasteiger partial charge in [-0.2, -0.15) is 0 Å². The summed E-state index contributed by atoms with van der Waals surface area (Å²) in [6.45, 7) is 0.424. The number of aromatic nitrogens is 2. The molecule has 3 rings (SSSR count). The molecule has 5 nitrogen and oxygen atoms in total. The monoisotopic (exact) mass is 315 g/mol. The van der Waals surface area contributed by atoms with E-state index in [1.165, 1.54) is 7.11 Å². The number of carbonyl (C=O) groups is 1. The summed E-state index contributed by atoms with van der Waals surface area (Å²) in [7, 11) is 1.52. The number of nitrogens with zero attached hydrogens (tertiary/aromatic N) is 2. The number of ether oxygens (including phenoxy) is 1. The number of methoxy groups -OCH3 is 1. The number of hydrogen-bond donors (Lipinski definition) is 1. The number of fused-ring (bicyclic) bond motifs is 1. The molecule has 1 aromatic carbocycles. The van der Waals surface area contributed by atoms with Crippen LogP contribution in [0.4, 0.5) is 0 Å². The largest absolute Gasteiger partial charge is 0.495 e. The Balaban J connectivity index is 1.71. The van der Waals surface area contributed by atoms with Gasteiger partial charge < -0.3 is 14.5 Å². The summed E-state index contributed by atoms with van der Waals surface area (Å²) in [6, 6.07) is 8.81. The van der Waals surface area contributed by atoms with Crippen molar-refractivity contribution in [3.05, 3.63) is 65.1 Å². The summed E-state index contributed by atoms with van der Waals surface area (Å²) >= 11 is 5.95. The van der Waals surface area contributed by atoms with E-state index in [-0.39, 0.29) is 5.91 Å². The van der Waals surface area contributed by atoms with E-state index in [1.54, 1.807) is 24.4 Å². The van der Waals surface area contributed by atoms with E-state index in [1.807, 2.05) is 28.9 Å². The van der Waals surface area contributed by atoms with E-state index in [0.717, 1.165) is 11.2 Å². The molecule has 3 aromatic rings. The van der Waals surface area contributed by atoms with Crippen LogP contribution in [0.1, 0.15) is 15.9 Å². The molecule has 0 unspecified atom stereocenters. The Hall–Kier alpha value is -2.53. The second-order valence-corrected chi connectivity index (χ2v) is 5.17. The number of hydrogen-bond acceptors (Lipinski definition) is 3. The molecule has 0 atom stereocenters. The second kappa shape index (κ2) is 6.07. The fourth-order valence-electron chi connectivity index (χ4n) is 2.15. The third kappa shape index (κ3) is 2.89. The van der Waals surface area contributed by atoms with Crippen LogP contribution in [0.25, 0.3) is 5.65 Å². The van der Waals surface area contributed by atoms with Gasteiger partial charge in [0.1, 0.15) is 11.4 Å². The molecule has 0 radical (unpaired) electrons. The van der Waals surface area contributed by atoms with Crippen LogP contribution >= 0.6 is 11.6 Å². The van der Waals surface area contributed by atoms with Gasteiger partial charge in [0, 0.05) is 30.7 Å². The molecule has 0 aliphatic rings. The highest BCUT2D eigenvalue weighted by Gasteiger charge is 2.09. The minimum atomic E-state index is -0.182. The summed E-state index contributed by atoms with van der Waals surface area (Å²) < 4.78 is 7.03. The molecule has 6 heteroatoms. The fraction of sp³-hybridized carbons (Fsp3) is 0.125. The number of carbonyl (C=O) groups excluding carboxylic acids is 1. The van der Waals surface area contributed by atoms with Crippen molar-refractivity contribution in [2.45, 2.75) is 6.54 Å². The van der Waals surface area contributed by atoms with Crippen molar-refractivity contribution >= 4 is 23.2 Å². The lowest BCUT2D eigenvalue weighted by Crippen LogP contribution is -2.22. The quantitative estimate of drug-likeness (QED) is 0.805. The molecule has 22 heavy (non-hydrogen) atoms. The minimum Gasteiger partial charge on any atom is -0.495 e. The highest BCUT2D eigenvalue weighted by molar-refractivity contribution is 6.32. The normalized spacial score (nSPS) is 10.6. The summed E-state index contributed by atoms with van der Waals surface area (Å²) in [5, 5.41) is 3.34. The predicted molar refractivity (Wildman–Crippen MR) is 84.4 cm³/mol. The molecule has 1 N–H and O–H groups in total. The van der Waals surface area contributed by atoms with Gasteiger partial charge in [-0.25, -0.2) is 4.98 Å². The molecule has 0 spiro atoms. The van der Waals surface area contributed by atoms with Crippen LogP contribution < -0.4 is 10.1 Å². The first-order valence-electron chi connectivity index (χ1n) is 6.71. The van der Waals surface area contributed by atoms with Crippen LogP contribution in [0.15, 0.2) is 48.9 Å². The van der Waals surface area contributed by atoms with E-state index in [2.05, 4.69) is 10.3 Å². The van der Waals surface area contributed by atoms with Gasteiger partial charge in [0.25, 0.3) is 5.91 Å². The van der Waals surface area contributed by atoms with Crippen molar-refractivity contribution in [3.63, 3.8) is 0 Å². The van der Waals surface area contributed by atoms with Gasteiger partial charge in [-0.3, -0.25) is 4.79 Å². The minimum absolute atomic E-state index is 0.182. The highest BCUT2D eigenvalue weighted by Crippen LogP contribution is 2.24. The first-order valence-corrected chi connectivity index (χ1v) is 7.08. The molecule has 2 aromatic heterocycles. The van der Waals surface area contributed by atoms with E-state index >= 15 is 0 Å². The number of imidazole rings is 1. The summed E-state index contributed by atoms with van der Waals surface area (Å²) in [4.78, 5) is 16.4. The van der Waals surface area contributed by atoms with E-state index in [9.17, 15) is 4.79 Å². The van der Waals surface area contributed by atoms with Crippen molar-refractivity contribution in [3.8, 4) is 5.75 Å². The van der Waals surface area contributed by atoms with Crippen molar-refractivity contribution in [2.24, 2.45) is 0 Å². The van der Waals surface area contributed by atoms with Crippen molar-refractivity contribution < 1.29 is 9.53 Å². The summed E-state index contributed by atoms with van der Waals surface area (Å²) in [5.74, 6) is 0.298.